The molecule has 0 saturated heterocycles. The van der Waals surface area contributed by atoms with Crippen LogP contribution >= 0.6 is 0 Å². The van der Waals surface area contributed by atoms with Crippen molar-refractivity contribution in [2.24, 2.45) is 0 Å². The normalized spacial score (nSPS) is 11.3. The Morgan fingerprint density at radius 3 is 1.39 bits per heavy atom. The van der Waals surface area contributed by atoms with Crippen LogP contribution in [0.2, 0.25) is 0 Å². The molecule has 0 aliphatic heterocycles. The Morgan fingerprint density at radius 2 is 0.735 bits per heavy atom. The predicted molar refractivity (Wildman–Crippen MR) is 200 cm³/mol. The molecule has 49 heavy (non-hydrogen) atoms. The van der Waals surface area contributed by atoms with Gasteiger partial charge in [-0.15, -0.1) is 0 Å². The molecule has 0 saturated carbocycles. The molecule has 9 rings (SSSR count). The van der Waals surface area contributed by atoms with Gasteiger partial charge in [0.15, 0.2) is 17.5 Å². The van der Waals surface area contributed by atoms with E-state index in [1.807, 2.05) is 66.7 Å². The smallest absolute Gasteiger partial charge is 0.167 e. The summed E-state index contributed by atoms with van der Waals surface area (Å²) in [4.78, 5) is 14.9. The van der Waals surface area contributed by atoms with E-state index in [-0.39, 0.29) is 0 Å². The second kappa shape index (κ2) is 12.2. The van der Waals surface area contributed by atoms with Crippen molar-refractivity contribution >= 4 is 21.9 Å². The van der Waals surface area contributed by atoms with Gasteiger partial charge in [-0.05, 0) is 51.6 Å². The fourth-order valence-electron chi connectivity index (χ4n) is 6.44. The lowest BCUT2D eigenvalue weighted by molar-refractivity contribution is 0.669. The SMILES string of the molecule is c1ccc(-c2ccc(-c3cccc(-c4ccc(-c5nc(-c6ccccc6)nc(-c6cccc7c6oc6ccccc67)n5)cc4)c3)cc2)cc1. The van der Waals surface area contributed by atoms with E-state index >= 15 is 0 Å². The van der Waals surface area contributed by atoms with Gasteiger partial charge in [-0.3, -0.25) is 0 Å². The Hall–Kier alpha value is -6.65. The molecule has 0 aliphatic rings. The quantitative estimate of drug-likeness (QED) is 0.184. The Bertz CT molecular complexity index is 2570. The Labute approximate surface area is 284 Å². The number of furan rings is 1. The van der Waals surface area contributed by atoms with Crippen LogP contribution < -0.4 is 0 Å². The Kier molecular flexibility index (Phi) is 7.10. The summed E-state index contributed by atoms with van der Waals surface area (Å²) < 4.78 is 6.36. The van der Waals surface area contributed by atoms with Gasteiger partial charge in [0.05, 0.1) is 5.56 Å². The van der Waals surface area contributed by atoms with Gasteiger partial charge in [-0.1, -0.05) is 158 Å². The molecule has 0 unspecified atom stereocenters. The lowest BCUT2D eigenvalue weighted by Gasteiger charge is -2.10. The summed E-state index contributed by atoms with van der Waals surface area (Å²) in [7, 11) is 0. The number of rotatable bonds is 6. The fourth-order valence-corrected chi connectivity index (χ4v) is 6.44. The fraction of sp³-hybridized carbons (Fsp3) is 0. The maximum absolute atomic E-state index is 6.36. The highest BCUT2D eigenvalue weighted by molar-refractivity contribution is 6.09. The number of benzene rings is 7. The van der Waals surface area contributed by atoms with E-state index in [9.17, 15) is 0 Å². The molecule has 0 bridgehead atoms. The summed E-state index contributed by atoms with van der Waals surface area (Å²) in [5.41, 5.74) is 11.3. The van der Waals surface area contributed by atoms with Crippen molar-refractivity contribution in [1.29, 1.82) is 0 Å². The zero-order valence-electron chi connectivity index (χ0n) is 26.5. The molecule has 0 spiro atoms. The average Bonchev–Trinajstić information content (AvgIpc) is 3.58. The number of fused-ring (bicyclic) bond motifs is 3. The van der Waals surface area contributed by atoms with Gasteiger partial charge in [0.2, 0.25) is 0 Å². The molecule has 0 radical (unpaired) electrons. The van der Waals surface area contributed by atoms with E-state index in [1.54, 1.807) is 0 Å². The molecule has 4 heteroatoms. The Morgan fingerprint density at radius 1 is 0.306 bits per heavy atom. The van der Waals surface area contributed by atoms with Crippen molar-refractivity contribution in [3.8, 4) is 67.5 Å². The van der Waals surface area contributed by atoms with Crippen LogP contribution in [0.15, 0.2) is 180 Å². The lowest BCUT2D eigenvalue weighted by atomic mass is 9.97. The maximum Gasteiger partial charge on any atom is 0.167 e. The molecular weight excluding hydrogens is 599 g/mol. The molecule has 0 amide bonds. The first-order valence-corrected chi connectivity index (χ1v) is 16.4. The van der Waals surface area contributed by atoms with E-state index < -0.39 is 0 Å². The summed E-state index contributed by atoms with van der Waals surface area (Å²) in [6.45, 7) is 0. The van der Waals surface area contributed by atoms with Crippen LogP contribution in [0.5, 0.6) is 0 Å². The minimum absolute atomic E-state index is 0.573. The van der Waals surface area contributed by atoms with Crippen LogP contribution in [0.3, 0.4) is 0 Å². The van der Waals surface area contributed by atoms with Crippen molar-refractivity contribution < 1.29 is 4.42 Å². The molecule has 7 aromatic carbocycles. The van der Waals surface area contributed by atoms with Crippen molar-refractivity contribution in [3.05, 3.63) is 176 Å². The summed E-state index contributed by atoms with van der Waals surface area (Å²) in [6, 6.07) is 60.6. The maximum atomic E-state index is 6.36. The van der Waals surface area contributed by atoms with Crippen LogP contribution in [-0.2, 0) is 0 Å². The number of para-hydroxylation sites is 2. The summed E-state index contributed by atoms with van der Waals surface area (Å²) in [5, 5.41) is 2.11. The highest BCUT2D eigenvalue weighted by Gasteiger charge is 2.17. The monoisotopic (exact) mass is 627 g/mol. The first-order chi connectivity index (χ1) is 24.3. The Balaban J connectivity index is 1.08. The third-order valence-corrected chi connectivity index (χ3v) is 8.98. The zero-order valence-corrected chi connectivity index (χ0v) is 26.5. The second-order valence-corrected chi connectivity index (χ2v) is 12.1. The molecule has 2 heterocycles. The second-order valence-electron chi connectivity index (χ2n) is 12.1. The summed E-state index contributed by atoms with van der Waals surface area (Å²) in [6.07, 6.45) is 0. The van der Waals surface area contributed by atoms with Crippen molar-refractivity contribution in [2.45, 2.75) is 0 Å². The van der Waals surface area contributed by atoms with Gasteiger partial charge in [0, 0.05) is 21.9 Å². The molecule has 0 aliphatic carbocycles. The number of hydrogen-bond donors (Lipinski definition) is 0. The third-order valence-electron chi connectivity index (χ3n) is 8.98. The molecule has 2 aromatic heterocycles. The minimum Gasteiger partial charge on any atom is -0.455 e. The summed E-state index contributed by atoms with van der Waals surface area (Å²) in [5.74, 6) is 1.79. The van der Waals surface area contributed by atoms with E-state index in [0.717, 1.165) is 49.8 Å². The third kappa shape index (κ3) is 5.45. The van der Waals surface area contributed by atoms with Crippen LogP contribution in [0, 0.1) is 0 Å². The molecule has 0 atom stereocenters. The van der Waals surface area contributed by atoms with E-state index in [2.05, 4.69) is 109 Å². The lowest BCUT2D eigenvalue weighted by Crippen LogP contribution is -2.00. The minimum atomic E-state index is 0.573. The molecular formula is C45H29N3O. The topological polar surface area (TPSA) is 51.8 Å². The standard InChI is InChI=1S/C45H29N3O/c1-3-11-30(12-4-1)31-21-23-32(24-22-31)36-15-9-16-37(29-36)33-25-27-35(28-26-33)44-46-43(34-13-5-2-6-14-34)47-45(48-44)40-19-10-18-39-38-17-7-8-20-41(38)49-42(39)40/h1-29H. The molecule has 0 fully saturated rings. The van der Waals surface area contributed by atoms with Gasteiger partial charge in [-0.2, -0.15) is 0 Å². The molecule has 9 aromatic rings. The van der Waals surface area contributed by atoms with Crippen molar-refractivity contribution in [2.75, 3.05) is 0 Å². The van der Waals surface area contributed by atoms with E-state index in [1.165, 1.54) is 22.3 Å². The zero-order chi connectivity index (χ0) is 32.6. The molecule has 0 N–H and O–H groups in total. The number of hydrogen-bond acceptors (Lipinski definition) is 4. The first kappa shape index (κ1) is 28.6. The highest BCUT2D eigenvalue weighted by Crippen LogP contribution is 2.36. The predicted octanol–water partition coefficient (Wildman–Crippen LogP) is 11.8. The van der Waals surface area contributed by atoms with Crippen molar-refractivity contribution in [1.82, 2.24) is 15.0 Å². The highest BCUT2D eigenvalue weighted by atomic mass is 16.3. The largest absolute Gasteiger partial charge is 0.455 e. The molecule has 230 valence electrons. The van der Waals surface area contributed by atoms with Gasteiger partial charge in [0.25, 0.3) is 0 Å². The van der Waals surface area contributed by atoms with Gasteiger partial charge in [0.1, 0.15) is 11.2 Å². The van der Waals surface area contributed by atoms with Crippen LogP contribution in [0.1, 0.15) is 0 Å². The number of nitrogens with zero attached hydrogens (tertiary/aromatic N) is 3. The van der Waals surface area contributed by atoms with E-state index in [0.29, 0.717) is 17.5 Å². The summed E-state index contributed by atoms with van der Waals surface area (Å²) >= 11 is 0. The molecule has 4 nitrogen and oxygen atoms in total. The van der Waals surface area contributed by atoms with Gasteiger partial charge in [-0.25, -0.2) is 15.0 Å². The van der Waals surface area contributed by atoms with Crippen LogP contribution in [0.4, 0.5) is 0 Å². The first-order valence-electron chi connectivity index (χ1n) is 16.4. The number of aromatic nitrogens is 3. The van der Waals surface area contributed by atoms with Crippen LogP contribution in [-0.4, -0.2) is 15.0 Å². The van der Waals surface area contributed by atoms with Crippen molar-refractivity contribution in [3.63, 3.8) is 0 Å². The van der Waals surface area contributed by atoms with Crippen LogP contribution in [0.25, 0.3) is 89.5 Å². The van der Waals surface area contributed by atoms with E-state index in [4.69, 9.17) is 19.4 Å². The average molecular weight is 628 g/mol. The van der Waals surface area contributed by atoms with Gasteiger partial charge < -0.3 is 4.42 Å². The van der Waals surface area contributed by atoms with Gasteiger partial charge >= 0.3 is 0 Å².